The number of nitrogens with one attached hydrogen (secondary N) is 2. The number of carbonyl (C=O) groups excluding carboxylic acids is 3. The number of likely N-dealkylation sites (N-methyl/N-ethyl adjacent to an activating group) is 1. The summed E-state index contributed by atoms with van der Waals surface area (Å²) in [5.41, 5.74) is 2.82. The molecule has 3 fully saturated rings. The van der Waals surface area contributed by atoms with Gasteiger partial charge in [0.2, 0.25) is 17.5 Å². The summed E-state index contributed by atoms with van der Waals surface area (Å²) < 4.78 is 6.15. The number of rotatable bonds is 7. The van der Waals surface area contributed by atoms with Gasteiger partial charge in [-0.05, 0) is 61.9 Å². The fourth-order valence-corrected chi connectivity index (χ4v) is 7.93. The van der Waals surface area contributed by atoms with Crippen molar-refractivity contribution in [2.24, 2.45) is 0 Å². The van der Waals surface area contributed by atoms with E-state index in [0.29, 0.717) is 25.9 Å². The van der Waals surface area contributed by atoms with Crippen LogP contribution in [-0.2, 0) is 32.0 Å². The van der Waals surface area contributed by atoms with Crippen LogP contribution in [0.25, 0.3) is 10.9 Å². The van der Waals surface area contributed by atoms with Crippen LogP contribution in [0, 0.1) is 0 Å². The monoisotopic (exact) mass is 585 g/mol. The van der Waals surface area contributed by atoms with Gasteiger partial charge in [0.05, 0.1) is 0 Å². The second-order valence-electron chi connectivity index (χ2n) is 12.8. The quantitative estimate of drug-likeness (QED) is 0.392. The molecule has 1 aromatic heterocycles. The van der Waals surface area contributed by atoms with Crippen molar-refractivity contribution in [1.82, 2.24) is 25.0 Å². The average molecular weight is 586 g/mol. The maximum Gasteiger partial charge on any atom is 0.280 e. The zero-order valence-corrected chi connectivity index (χ0v) is 24.9. The molecule has 0 radical (unpaired) electrons. The number of nitrogens with zero attached hydrogens (tertiary/aromatic N) is 3. The number of fused-ring (bicyclic) bond motifs is 3. The number of aromatic nitrogens is 1. The molecule has 0 spiro atoms. The van der Waals surface area contributed by atoms with Crippen LogP contribution in [0.5, 0.6) is 0 Å². The second-order valence-corrected chi connectivity index (χ2v) is 12.8. The smallest absolute Gasteiger partial charge is 0.280 e. The van der Waals surface area contributed by atoms with Gasteiger partial charge >= 0.3 is 0 Å². The molecular weight excluding hydrogens is 546 g/mol. The van der Waals surface area contributed by atoms with Crippen molar-refractivity contribution >= 4 is 28.6 Å². The van der Waals surface area contributed by atoms with E-state index in [1.165, 1.54) is 28.3 Å². The van der Waals surface area contributed by atoms with Crippen molar-refractivity contribution in [1.29, 1.82) is 0 Å². The van der Waals surface area contributed by atoms with Crippen LogP contribution in [0.2, 0.25) is 0 Å². The summed E-state index contributed by atoms with van der Waals surface area (Å²) in [4.78, 5) is 49.4. The standard InChI is InChI=1S/C33H39N5O5/c1-20-23-11-7-12-24-29(23)22(19-34-24)18-25(20)36(3)16-14-28(39)35-32(2)31(41)38-26(17-21-9-5-4-6-10-21)30(40)37-15-8-13-27(37)33(38,42)43-32/h4-7,9-12,19-20,25-27,34,42H,8,13-18H2,1-3H3,(H,35,39)/t20?,25?,26-,27?,32+,33-/m0/s1. The number of aromatic amines is 1. The van der Waals surface area contributed by atoms with Crippen molar-refractivity contribution in [3.8, 4) is 0 Å². The molecule has 4 aliphatic rings. The van der Waals surface area contributed by atoms with Crippen molar-refractivity contribution in [2.75, 3.05) is 20.1 Å². The van der Waals surface area contributed by atoms with E-state index in [2.05, 4.69) is 46.5 Å². The Morgan fingerprint density at radius 1 is 1.19 bits per heavy atom. The first-order chi connectivity index (χ1) is 20.6. The lowest BCUT2D eigenvalue weighted by Crippen LogP contribution is -2.71. The molecule has 6 atom stereocenters. The van der Waals surface area contributed by atoms with Gasteiger partial charge in [0.15, 0.2) is 0 Å². The Balaban J connectivity index is 1.06. The highest BCUT2D eigenvalue weighted by Gasteiger charge is 2.69. The van der Waals surface area contributed by atoms with Crippen LogP contribution >= 0.6 is 0 Å². The molecule has 43 heavy (non-hydrogen) atoms. The van der Waals surface area contributed by atoms with Crippen LogP contribution in [0.1, 0.15) is 55.7 Å². The molecule has 0 bridgehead atoms. The molecule has 3 aromatic rings. The van der Waals surface area contributed by atoms with E-state index in [-0.39, 0.29) is 36.6 Å². The van der Waals surface area contributed by atoms with Crippen LogP contribution in [0.4, 0.5) is 0 Å². The van der Waals surface area contributed by atoms with Gasteiger partial charge in [0.25, 0.3) is 11.8 Å². The third-order valence-electron chi connectivity index (χ3n) is 10.1. The molecule has 4 heterocycles. The lowest BCUT2D eigenvalue weighted by Gasteiger charge is -2.48. The number of hydrogen-bond donors (Lipinski definition) is 3. The third-order valence-corrected chi connectivity index (χ3v) is 10.1. The molecule has 3 unspecified atom stereocenters. The predicted octanol–water partition coefficient (Wildman–Crippen LogP) is 2.47. The van der Waals surface area contributed by atoms with E-state index >= 15 is 0 Å². The van der Waals surface area contributed by atoms with Crippen LogP contribution in [0.15, 0.2) is 54.7 Å². The van der Waals surface area contributed by atoms with E-state index < -0.39 is 29.6 Å². The lowest BCUT2D eigenvalue weighted by molar-refractivity contribution is -0.315. The Kier molecular flexibility index (Phi) is 6.64. The number of aliphatic hydroxyl groups is 1. The fraction of sp³-hybridized carbons (Fsp3) is 0.485. The molecule has 3 N–H and O–H groups in total. The molecule has 0 saturated carbocycles. The van der Waals surface area contributed by atoms with Crippen LogP contribution < -0.4 is 5.32 Å². The molecule has 3 saturated heterocycles. The Labute approximate surface area is 251 Å². The van der Waals surface area contributed by atoms with Crippen molar-refractivity contribution < 1.29 is 24.2 Å². The highest BCUT2D eigenvalue weighted by Crippen LogP contribution is 2.46. The van der Waals surface area contributed by atoms with E-state index in [4.69, 9.17) is 4.74 Å². The number of amides is 3. The minimum Gasteiger partial charge on any atom is -0.361 e. The first kappa shape index (κ1) is 28.1. The predicted molar refractivity (Wildman–Crippen MR) is 160 cm³/mol. The Morgan fingerprint density at radius 2 is 1.98 bits per heavy atom. The molecule has 1 aliphatic carbocycles. The zero-order chi connectivity index (χ0) is 30.1. The zero-order valence-electron chi connectivity index (χ0n) is 24.9. The van der Waals surface area contributed by atoms with E-state index in [9.17, 15) is 19.5 Å². The van der Waals surface area contributed by atoms with E-state index in [0.717, 1.165) is 17.5 Å². The van der Waals surface area contributed by atoms with Crippen LogP contribution in [-0.4, -0.2) is 92.4 Å². The second kappa shape index (κ2) is 10.2. The molecule has 226 valence electrons. The first-order valence-electron chi connectivity index (χ1n) is 15.3. The number of H-pyrrole nitrogens is 1. The average Bonchev–Trinajstić information content (AvgIpc) is 3.70. The largest absolute Gasteiger partial charge is 0.361 e. The summed E-state index contributed by atoms with van der Waals surface area (Å²) in [6, 6.07) is 14.4. The van der Waals surface area contributed by atoms with Gasteiger partial charge in [-0.3, -0.25) is 24.0 Å². The summed E-state index contributed by atoms with van der Waals surface area (Å²) in [6.07, 6.45) is 4.57. The summed E-state index contributed by atoms with van der Waals surface area (Å²) in [6.45, 7) is 4.69. The highest BCUT2D eigenvalue weighted by atomic mass is 16.7. The number of ether oxygens (including phenoxy) is 1. The molecule has 2 aromatic carbocycles. The normalized spacial score (nSPS) is 31.6. The minimum atomic E-state index is -2.02. The van der Waals surface area contributed by atoms with Gasteiger partial charge in [0, 0.05) is 49.1 Å². The molecule has 3 amide bonds. The Bertz CT molecular complexity index is 1590. The van der Waals surface area contributed by atoms with E-state index in [1.807, 2.05) is 37.4 Å². The number of piperazine rings is 1. The summed E-state index contributed by atoms with van der Waals surface area (Å²) >= 11 is 0. The van der Waals surface area contributed by atoms with Gasteiger partial charge in [-0.2, -0.15) is 0 Å². The number of hydrogen-bond acceptors (Lipinski definition) is 6. The summed E-state index contributed by atoms with van der Waals surface area (Å²) in [5.74, 6) is -2.89. The number of carbonyl (C=O) groups is 3. The first-order valence-corrected chi connectivity index (χ1v) is 15.3. The lowest BCUT2D eigenvalue weighted by atomic mass is 9.80. The Morgan fingerprint density at radius 3 is 2.77 bits per heavy atom. The molecule has 10 nitrogen and oxygen atoms in total. The third kappa shape index (κ3) is 4.38. The summed E-state index contributed by atoms with van der Waals surface area (Å²) in [7, 11) is 2.03. The van der Waals surface area contributed by atoms with Crippen molar-refractivity contribution in [3.63, 3.8) is 0 Å². The highest BCUT2D eigenvalue weighted by molar-refractivity contribution is 5.97. The maximum atomic E-state index is 14.0. The van der Waals surface area contributed by atoms with Crippen molar-refractivity contribution in [2.45, 2.75) is 81.6 Å². The SMILES string of the molecule is CC1c2cccc3[nH]cc(c23)CC1N(C)CCC(=O)N[C@]1(C)O[C@@]2(O)C3CCCN3C(=O)[C@H](Cc3ccccc3)N2C1=O. The van der Waals surface area contributed by atoms with Gasteiger partial charge in [0.1, 0.15) is 12.1 Å². The Hall–Kier alpha value is -3.73. The molecule has 3 aliphatic heterocycles. The molecular formula is C33H39N5O5. The molecule has 7 rings (SSSR count). The minimum absolute atomic E-state index is 0.149. The van der Waals surface area contributed by atoms with E-state index in [1.54, 1.807) is 4.90 Å². The topological polar surface area (TPSA) is 118 Å². The van der Waals surface area contributed by atoms with Gasteiger partial charge < -0.3 is 25.2 Å². The van der Waals surface area contributed by atoms with Gasteiger partial charge in [-0.25, -0.2) is 0 Å². The maximum absolute atomic E-state index is 14.0. The van der Waals surface area contributed by atoms with Crippen molar-refractivity contribution in [3.05, 3.63) is 71.4 Å². The van der Waals surface area contributed by atoms with Gasteiger partial charge in [-0.15, -0.1) is 0 Å². The van der Waals surface area contributed by atoms with Gasteiger partial charge in [-0.1, -0.05) is 49.4 Å². The number of benzene rings is 2. The fourth-order valence-electron chi connectivity index (χ4n) is 7.93. The summed E-state index contributed by atoms with van der Waals surface area (Å²) in [5, 5.41) is 16.0. The van der Waals surface area contributed by atoms with Crippen LogP contribution in [0.3, 0.4) is 0 Å². The molecule has 10 heteroatoms.